The van der Waals surface area contributed by atoms with E-state index in [0.717, 1.165) is 0 Å². The Morgan fingerprint density at radius 3 is 1.94 bits per heavy atom. The molecule has 98 valence electrons. The first-order valence-corrected chi connectivity index (χ1v) is 5.25. The molecule has 0 saturated heterocycles. The van der Waals surface area contributed by atoms with Crippen molar-refractivity contribution in [3.8, 4) is 0 Å². The van der Waals surface area contributed by atoms with Gasteiger partial charge in [0.25, 0.3) is 0 Å². The summed E-state index contributed by atoms with van der Waals surface area (Å²) < 4.78 is 36.3. The Morgan fingerprint density at radius 1 is 1.19 bits per heavy atom. The Labute approximate surface area is 119 Å². The summed E-state index contributed by atoms with van der Waals surface area (Å²) in [4.78, 5) is 0. The molecule has 0 aromatic heterocycles. The Hall–Kier alpha value is 0.710. The number of hydrogen-bond acceptors (Lipinski definition) is 6. The van der Waals surface area contributed by atoms with E-state index in [2.05, 4.69) is 8.92 Å². The molecule has 0 aliphatic heterocycles. The zero-order chi connectivity index (χ0) is 11.4. The summed E-state index contributed by atoms with van der Waals surface area (Å²) in [6, 6.07) is 0. The number of rotatable bonds is 6. The minimum Gasteiger partial charge on any atom is -1.00 e. The molecule has 0 heterocycles. The molecule has 0 aromatic carbocycles. The minimum atomic E-state index is -4.35. The van der Waals surface area contributed by atoms with Gasteiger partial charge in [0.2, 0.25) is 0 Å². The maximum Gasteiger partial charge on any atom is 1.00 e. The smallest absolute Gasteiger partial charge is 1.00 e. The van der Waals surface area contributed by atoms with Gasteiger partial charge in [-0.05, 0) is 6.92 Å². The van der Waals surface area contributed by atoms with Gasteiger partial charge in [0.1, 0.15) is 0 Å². The second-order valence-corrected chi connectivity index (χ2v) is 2.99. The van der Waals surface area contributed by atoms with Gasteiger partial charge < -0.3 is 21.9 Å². The second kappa shape index (κ2) is 18.1. The van der Waals surface area contributed by atoms with Gasteiger partial charge in [-0.15, -0.1) is 0 Å². The van der Waals surface area contributed by atoms with Crippen molar-refractivity contribution in [2.24, 2.45) is 0 Å². The summed E-state index contributed by atoms with van der Waals surface area (Å²) >= 11 is 0. The number of ether oxygens (including phenoxy) is 1. The largest absolute Gasteiger partial charge is 1.00 e. The van der Waals surface area contributed by atoms with Gasteiger partial charge in [-0.25, -0.2) is 4.18 Å². The summed E-state index contributed by atoms with van der Waals surface area (Å²) in [5.74, 6) is 0. The van der Waals surface area contributed by atoms with E-state index < -0.39 is 10.4 Å². The van der Waals surface area contributed by atoms with Gasteiger partial charge in [-0.2, -0.15) is 8.42 Å². The maximum absolute atomic E-state index is 9.89. The summed E-state index contributed by atoms with van der Waals surface area (Å²) in [6.45, 7) is 1.68. The average Bonchev–Trinajstić information content (AvgIpc) is 2.03. The Bertz CT molecular complexity index is 200. The predicted molar refractivity (Wildman–Crippen MR) is 52.9 cm³/mol. The van der Waals surface area contributed by atoms with Crippen LogP contribution in [0.25, 0.3) is 0 Å². The van der Waals surface area contributed by atoms with Crippen molar-refractivity contribution < 1.29 is 68.6 Å². The molecule has 10 heteroatoms. The van der Waals surface area contributed by atoms with Crippen LogP contribution in [0.4, 0.5) is 0 Å². The summed E-state index contributed by atoms with van der Waals surface area (Å²) in [5.41, 5.74) is 0. The van der Waals surface area contributed by atoms with Crippen molar-refractivity contribution in [3.63, 3.8) is 0 Å². The number of aliphatic hydroxyl groups is 2. The molecule has 0 spiro atoms. The molecule has 0 aliphatic carbocycles. The Balaban J connectivity index is -0.0000000724. The molecule has 0 rings (SSSR count). The first-order chi connectivity index (χ1) is 6.47. The van der Waals surface area contributed by atoms with Gasteiger partial charge in [-0.3, -0.25) is 4.55 Å². The van der Waals surface area contributed by atoms with Crippen molar-refractivity contribution in [3.05, 3.63) is 0 Å². The standard InChI is InChI=1S/C4H10O6S.C2H6O.Na.H2O.H/c5-1-2-9-3-4-10-11(6,7)8;1-2-3;;;/h5H,1-4H2,(H,6,7,8);3H,2H2,1H3;;1H2;/q;;+1;;-1. The molecule has 0 saturated carbocycles. The van der Waals surface area contributed by atoms with E-state index in [-0.39, 0.29) is 69.5 Å². The number of aliphatic hydroxyl groups excluding tert-OH is 2. The molecule has 0 amide bonds. The van der Waals surface area contributed by atoms with Crippen molar-refractivity contribution in [2.45, 2.75) is 6.92 Å². The van der Waals surface area contributed by atoms with E-state index in [1.165, 1.54) is 0 Å². The van der Waals surface area contributed by atoms with Crippen molar-refractivity contribution in [1.29, 1.82) is 0 Å². The van der Waals surface area contributed by atoms with Crippen LogP contribution in [0.5, 0.6) is 0 Å². The average molecular weight is 274 g/mol. The van der Waals surface area contributed by atoms with E-state index in [9.17, 15) is 8.42 Å². The maximum atomic E-state index is 9.89. The molecular weight excluding hydrogens is 255 g/mol. The fourth-order valence-electron chi connectivity index (χ4n) is 0.365. The van der Waals surface area contributed by atoms with E-state index >= 15 is 0 Å². The van der Waals surface area contributed by atoms with Gasteiger partial charge >= 0.3 is 40.0 Å². The Morgan fingerprint density at radius 2 is 1.62 bits per heavy atom. The second-order valence-electron chi connectivity index (χ2n) is 1.90. The first kappa shape index (κ1) is 25.5. The van der Waals surface area contributed by atoms with Crippen LogP contribution in [0.1, 0.15) is 8.35 Å². The third kappa shape index (κ3) is 36.4. The van der Waals surface area contributed by atoms with Crippen LogP contribution >= 0.6 is 0 Å². The summed E-state index contributed by atoms with van der Waals surface area (Å²) in [5, 5.41) is 15.8. The molecular formula is C6H19NaO8S. The monoisotopic (exact) mass is 274 g/mol. The summed E-state index contributed by atoms with van der Waals surface area (Å²) in [7, 11) is -4.35. The molecule has 0 aromatic rings. The van der Waals surface area contributed by atoms with Crippen molar-refractivity contribution >= 4 is 10.4 Å². The van der Waals surface area contributed by atoms with Crippen molar-refractivity contribution in [2.75, 3.05) is 33.0 Å². The van der Waals surface area contributed by atoms with Crippen LogP contribution in [-0.4, -0.2) is 61.7 Å². The molecule has 5 N–H and O–H groups in total. The molecule has 0 unspecified atom stereocenters. The van der Waals surface area contributed by atoms with Gasteiger partial charge in [0.05, 0.1) is 26.4 Å². The van der Waals surface area contributed by atoms with Crippen LogP contribution in [0.15, 0.2) is 0 Å². The molecule has 0 bridgehead atoms. The number of hydrogen-bond donors (Lipinski definition) is 3. The normalized spacial score (nSPS) is 9.25. The fraction of sp³-hybridized carbons (Fsp3) is 1.00. The molecule has 0 aliphatic rings. The predicted octanol–water partition coefficient (Wildman–Crippen LogP) is -4.89. The SMILES string of the molecule is CCO.O.O=S(=O)(O)OCCOCCO.[H-].[Na+]. The first-order valence-electron chi connectivity index (χ1n) is 3.89. The van der Waals surface area contributed by atoms with Crippen molar-refractivity contribution in [1.82, 2.24) is 0 Å². The molecule has 0 fully saturated rings. The topological polar surface area (TPSA) is 145 Å². The van der Waals surface area contributed by atoms with Crippen LogP contribution < -0.4 is 29.6 Å². The van der Waals surface area contributed by atoms with Crippen LogP contribution in [-0.2, 0) is 19.3 Å². The van der Waals surface area contributed by atoms with E-state index in [1.54, 1.807) is 6.92 Å². The molecule has 16 heavy (non-hydrogen) atoms. The van der Waals surface area contributed by atoms with Gasteiger partial charge in [0, 0.05) is 6.61 Å². The Kier molecular flexibility index (Phi) is 28.9. The molecule has 8 nitrogen and oxygen atoms in total. The molecule has 0 atom stereocenters. The van der Waals surface area contributed by atoms with Crippen LogP contribution in [0, 0.1) is 0 Å². The van der Waals surface area contributed by atoms with Crippen LogP contribution in [0.2, 0.25) is 0 Å². The quantitative estimate of drug-likeness (QED) is 0.250. The third-order valence-corrected chi connectivity index (χ3v) is 1.16. The third-order valence-electron chi connectivity index (χ3n) is 0.696. The van der Waals surface area contributed by atoms with E-state index in [1.807, 2.05) is 0 Å². The van der Waals surface area contributed by atoms with E-state index in [0.29, 0.717) is 0 Å². The van der Waals surface area contributed by atoms with E-state index in [4.69, 9.17) is 14.8 Å². The zero-order valence-electron chi connectivity index (χ0n) is 10.4. The fourth-order valence-corrected chi connectivity index (χ4v) is 0.644. The zero-order valence-corrected chi connectivity index (χ0v) is 12.2. The summed E-state index contributed by atoms with van der Waals surface area (Å²) in [6.07, 6.45) is 0. The minimum absolute atomic E-state index is 0. The van der Waals surface area contributed by atoms with Gasteiger partial charge in [-0.1, -0.05) is 0 Å². The van der Waals surface area contributed by atoms with Gasteiger partial charge in [0.15, 0.2) is 0 Å². The molecule has 0 radical (unpaired) electrons. The van der Waals surface area contributed by atoms with Crippen LogP contribution in [0.3, 0.4) is 0 Å².